The number of rotatable bonds is 6. The van der Waals surface area contributed by atoms with Crippen LogP contribution in [0.25, 0.3) is 5.84 Å². The van der Waals surface area contributed by atoms with Gasteiger partial charge in [-0.3, -0.25) is 4.40 Å². The van der Waals surface area contributed by atoms with Gasteiger partial charge in [0.05, 0.1) is 30.9 Å². The molecule has 0 aromatic carbocycles. The van der Waals surface area contributed by atoms with E-state index < -0.39 is 0 Å². The molecule has 16 heavy (non-hydrogen) atoms. The topological polar surface area (TPSA) is 48.9 Å². The molecule has 2 heterocycles. The zero-order valence-corrected chi connectivity index (χ0v) is 9.18. The number of hydrogen-bond acceptors (Lipinski definition) is 4. The molecule has 0 unspecified atom stereocenters. The minimum Gasteiger partial charge on any atom is -0.496 e. The van der Waals surface area contributed by atoms with Crippen LogP contribution < -0.4 is 0 Å². The van der Waals surface area contributed by atoms with E-state index in [1.54, 1.807) is 12.5 Å². The number of fused-ring (bicyclic) bond motifs is 1. The van der Waals surface area contributed by atoms with Gasteiger partial charge in [-0.25, -0.2) is 4.98 Å². The van der Waals surface area contributed by atoms with Crippen LogP contribution in [0.5, 0.6) is 0 Å². The summed E-state index contributed by atoms with van der Waals surface area (Å²) in [5, 5.41) is 0. The minimum absolute atomic E-state index is 0.486. The summed E-state index contributed by atoms with van der Waals surface area (Å²) in [6.07, 6.45) is 5.14. The Morgan fingerprint density at radius 1 is 1.56 bits per heavy atom. The Balaban J connectivity index is 1.78. The van der Waals surface area contributed by atoms with Crippen LogP contribution in [0.4, 0.5) is 0 Å². The molecule has 86 valence electrons. The molecular weight excluding hydrogens is 208 g/mol. The molecule has 0 saturated carbocycles. The first kappa shape index (κ1) is 10.8. The maximum Gasteiger partial charge on any atom is 0.305 e. The maximum absolute atomic E-state index is 5.44. The normalized spacial score (nSPS) is 10.8. The molecule has 2 aromatic heterocycles. The van der Waals surface area contributed by atoms with Crippen molar-refractivity contribution < 1.29 is 13.9 Å². The van der Waals surface area contributed by atoms with Crippen LogP contribution in [0.2, 0.25) is 0 Å². The van der Waals surface area contributed by atoms with Crippen molar-refractivity contribution in [3.63, 3.8) is 0 Å². The number of imidazole rings is 1. The fraction of sp³-hybridized carbons (Fsp3) is 0.364. The van der Waals surface area contributed by atoms with Gasteiger partial charge in [-0.1, -0.05) is 6.58 Å². The Morgan fingerprint density at radius 2 is 2.44 bits per heavy atom. The molecule has 0 N–H and O–H groups in total. The molecule has 0 fully saturated rings. The van der Waals surface area contributed by atoms with Crippen LogP contribution in [0.3, 0.4) is 0 Å². The highest BCUT2D eigenvalue weighted by atomic mass is 16.5. The molecular formula is C11H14N2O3. The highest BCUT2D eigenvalue weighted by molar-refractivity contribution is 5.26. The molecule has 0 bridgehead atoms. The Hall–Kier alpha value is -1.75. The number of allylic oxidation sites excluding steroid dienone is 1. The summed E-state index contributed by atoms with van der Waals surface area (Å²) in [6, 6.07) is 0. The number of ether oxygens (including phenoxy) is 2. The summed E-state index contributed by atoms with van der Waals surface area (Å²) < 4.78 is 17.6. The molecule has 0 atom stereocenters. The van der Waals surface area contributed by atoms with E-state index in [2.05, 4.69) is 11.6 Å². The highest BCUT2D eigenvalue weighted by Crippen LogP contribution is 2.08. The van der Waals surface area contributed by atoms with Crippen molar-refractivity contribution >= 4 is 5.84 Å². The van der Waals surface area contributed by atoms with Gasteiger partial charge in [0.15, 0.2) is 0 Å². The van der Waals surface area contributed by atoms with Crippen molar-refractivity contribution in [3.05, 3.63) is 36.7 Å². The SMILES string of the molecule is C=C(C)OCCOCc1cnc2occn12. The van der Waals surface area contributed by atoms with Gasteiger partial charge in [0.2, 0.25) is 0 Å². The lowest BCUT2D eigenvalue weighted by atomic mass is 10.5. The van der Waals surface area contributed by atoms with Gasteiger partial charge in [0.1, 0.15) is 12.9 Å². The van der Waals surface area contributed by atoms with Crippen LogP contribution in [0.15, 0.2) is 35.4 Å². The predicted octanol–water partition coefficient (Wildman–Crippen LogP) is 1.99. The van der Waals surface area contributed by atoms with Crippen molar-refractivity contribution in [2.24, 2.45) is 0 Å². The average Bonchev–Trinajstić information content (AvgIpc) is 2.80. The molecule has 0 aliphatic heterocycles. The van der Waals surface area contributed by atoms with Gasteiger partial charge in [0.25, 0.3) is 0 Å². The summed E-state index contributed by atoms with van der Waals surface area (Å²) in [5.41, 5.74) is 0.957. The van der Waals surface area contributed by atoms with Crippen LogP contribution in [0, 0.1) is 0 Å². The number of oxazole rings is 1. The van der Waals surface area contributed by atoms with E-state index >= 15 is 0 Å². The lowest BCUT2D eigenvalue weighted by molar-refractivity contribution is 0.0653. The fourth-order valence-electron chi connectivity index (χ4n) is 1.33. The zero-order valence-electron chi connectivity index (χ0n) is 9.18. The van der Waals surface area contributed by atoms with Gasteiger partial charge in [0, 0.05) is 6.20 Å². The first-order valence-electron chi connectivity index (χ1n) is 5.03. The summed E-state index contributed by atoms with van der Waals surface area (Å²) in [7, 11) is 0. The Bertz CT molecular complexity index is 472. The van der Waals surface area contributed by atoms with E-state index in [1.165, 1.54) is 0 Å². The van der Waals surface area contributed by atoms with Crippen LogP contribution in [0.1, 0.15) is 12.6 Å². The van der Waals surface area contributed by atoms with Crippen molar-refractivity contribution in [2.45, 2.75) is 13.5 Å². The number of nitrogens with zero attached hydrogens (tertiary/aromatic N) is 2. The number of hydrogen-bond donors (Lipinski definition) is 0. The summed E-state index contributed by atoms with van der Waals surface area (Å²) in [5.74, 6) is 1.28. The third kappa shape index (κ3) is 2.43. The molecule has 0 amide bonds. The van der Waals surface area contributed by atoms with Gasteiger partial charge in [-0.05, 0) is 6.92 Å². The number of aromatic nitrogens is 2. The molecule has 5 nitrogen and oxygen atoms in total. The zero-order chi connectivity index (χ0) is 11.4. The monoisotopic (exact) mass is 222 g/mol. The van der Waals surface area contributed by atoms with Crippen LogP contribution in [-0.4, -0.2) is 22.6 Å². The second kappa shape index (κ2) is 4.85. The van der Waals surface area contributed by atoms with E-state index in [-0.39, 0.29) is 0 Å². The van der Waals surface area contributed by atoms with Crippen molar-refractivity contribution in [2.75, 3.05) is 13.2 Å². The summed E-state index contributed by atoms with van der Waals surface area (Å²) in [6.45, 7) is 6.97. The van der Waals surface area contributed by atoms with E-state index in [0.717, 1.165) is 5.69 Å². The molecule has 2 rings (SSSR count). The predicted molar refractivity (Wildman–Crippen MR) is 57.9 cm³/mol. The second-order valence-electron chi connectivity index (χ2n) is 3.41. The van der Waals surface area contributed by atoms with E-state index in [1.807, 2.05) is 17.5 Å². The van der Waals surface area contributed by atoms with Crippen molar-refractivity contribution in [3.8, 4) is 0 Å². The summed E-state index contributed by atoms with van der Waals surface area (Å²) >= 11 is 0. The molecule has 5 heteroatoms. The molecule has 0 aliphatic carbocycles. The van der Waals surface area contributed by atoms with E-state index in [4.69, 9.17) is 13.9 Å². The highest BCUT2D eigenvalue weighted by Gasteiger charge is 2.04. The quantitative estimate of drug-likeness (QED) is 0.554. The molecule has 0 spiro atoms. The Kier molecular flexibility index (Phi) is 3.26. The third-order valence-corrected chi connectivity index (χ3v) is 2.05. The summed E-state index contributed by atoms with van der Waals surface area (Å²) in [4.78, 5) is 4.08. The van der Waals surface area contributed by atoms with Gasteiger partial charge in [-0.2, -0.15) is 0 Å². The first-order chi connectivity index (χ1) is 7.77. The maximum atomic E-state index is 5.44. The second-order valence-corrected chi connectivity index (χ2v) is 3.41. The fourth-order valence-corrected chi connectivity index (χ4v) is 1.33. The van der Waals surface area contributed by atoms with Gasteiger partial charge < -0.3 is 13.9 Å². The molecule has 2 aromatic rings. The third-order valence-electron chi connectivity index (χ3n) is 2.05. The van der Waals surface area contributed by atoms with Crippen LogP contribution in [-0.2, 0) is 16.1 Å². The average molecular weight is 222 g/mol. The minimum atomic E-state index is 0.486. The Morgan fingerprint density at radius 3 is 3.25 bits per heavy atom. The standard InChI is InChI=1S/C11H14N2O3/c1-9(2)15-6-5-14-8-10-7-12-11-13(10)3-4-16-11/h3-4,7H,1,5-6,8H2,2H3. The van der Waals surface area contributed by atoms with E-state index in [0.29, 0.717) is 31.4 Å². The first-order valence-corrected chi connectivity index (χ1v) is 5.03. The molecule has 0 aliphatic rings. The van der Waals surface area contributed by atoms with Crippen LogP contribution >= 0.6 is 0 Å². The van der Waals surface area contributed by atoms with Crippen molar-refractivity contribution in [1.82, 2.24) is 9.38 Å². The van der Waals surface area contributed by atoms with E-state index in [9.17, 15) is 0 Å². The lowest BCUT2D eigenvalue weighted by Crippen LogP contribution is -2.04. The molecule has 0 saturated heterocycles. The van der Waals surface area contributed by atoms with Crippen molar-refractivity contribution in [1.29, 1.82) is 0 Å². The molecule has 0 radical (unpaired) electrons. The lowest BCUT2D eigenvalue weighted by Gasteiger charge is -2.05. The van der Waals surface area contributed by atoms with Gasteiger partial charge >= 0.3 is 5.84 Å². The van der Waals surface area contributed by atoms with Gasteiger partial charge in [-0.15, -0.1) is 0 Å². The smallest absolute Gasteiger partial charge is 0.305 e. The Labute approximate surface area is 93.3 Å². The largest absolute Gasteiger partial charge is 0.496 e.